The minimum atomic E-state index is 0.361. The summed E-state index contributed by atoms with van der Waals surface area (Å²) in [7, 11) is 0. The van der Waals surface area contributed by atoms with E-state index in [2.05, 4.69) is 5.32 Å². The summed E-state index contributed by atoms with van der Waals surface area (Å²) in [5.74, 6) is 2.35. The summed E-state index contributed by atoms with van der Waals surface area (Å²) in [5, 5.41) is 4.52. The minimum Gasteiger partial charge on any atom is -0.486 e. The minimum absolute atomic E-state index is 0.361. The number of furan rings is 1. The fourth-order valence-electron chi connectivity index (χ4n) is 1.89. The lowest BCUT2D eigenvalue weighted by Crippen LogP contribution is -2.14. The zero-order valence-electron chi connectivity index (χ0n) is 10.9. The van der Waals surface area contributed by atoms with Gasteiger partial charge in [-0.15, -0.1) is 0 Å². The van der Waals surface area contributed by atoms with Crippen LogP contribution in [0.3, 0.4) is 0 Å². The van der Waals surface area contributed by atoms with Gasteiger partial charge in [-0.3, -0.25) is 0 Å². The summed E-state index contributed by atoms with van der Waals surface area (Å²) >= 11 is 11.8. The second-order valence-corrected chi connectivity index (χ2v) is 5.79. The van der Waals surface area contributed by atoms with Gasteiger partial charge in [0.2, 0.25) is 0 Å². The van der Waals surface area contributed by atoms with Gasteiger partial charge in [0.15, 0.2) is 0 Å². The summed E-state index contributed by atoms with van der Waals surface area (Å²) in [6.45, 7) is 1.13. The van der Waals surface area contributed by atoms with Gasteiger partial charge < -0.3 is 14.5 Å². The molecule has 0 aliphatic heterocycles. The lowest BCUT2D eigenvalue weighted by Gasteiger charge is -2.05. The Morgan fingerprint density at radius 1 is 1.10 bits per heavy atom. The van der Waals surface area contributed by atoms with E-state index >= 15 is 0 Å². The second-order valence-electron chi connectivity index (χ2n) is 4.92. The van der Waals surface area contributed by atoms with Crippen molar-refractivity contribution in [2.75, 3.05) is 0 Å². The second kappa shape index (κ2) is 6.08. The maximum absolute atomic E-state index is 5.92. The van der Waals surface area contributed by atoms with Crippen molar-refractivity contribution in [3.63, 3.8) is 0 Å². The van der Waals surface area contributed by atoms with Gasteiger partial charge in [-0.25, -0.2) is 0 Å². The monoisotopic (exact) mass is 311 g/mol. The molecular formula is C15H15Cl2NO2. The maximum atomic E-state index is 5.92. The van der Waals surface area contributed by atoms with Crippen molar-refractivity contribution in [2.45, 2.75) is 32.0 Å². The molecule has 1 aliphatic carbocycles. The highest BCUT2D eigenvalue weighted by atomic mass is 35.5. The first-order valence-corrected chi connectivity index (χ1v) is 7.34. The van der Waals surface area contributed by atoms with E-state index in [1.807, 2.05) is 12.1 Å². The Morgan fingerprint density at radius 2 is 1.80 bits per heavy atom. The first kappa shape index (κ1) is 13.8. The van der Waals surface area contributed by atoms with E-state index < -0.39 is 0 Å². The molecule has 3 rings (SSSR count). The van der Waals surface area contributed by atoms with Crippen LogP contribution < -0.4 is 10.1 Å². The fraction of sp³-hybridized carbons (Fsp3) is 0.333. The molecule has 1 aromatic carbocycles. The molecule has 2 aromatic rings. The Morgan fingerprint density at radius 3 is 2.50 bits per heavy atom. The zero-order chi connectivity index (χ0) is 13.9. The predicted octanol–water partition coefficient (Wildman–Crippen LogP) is 4.42. The van der Waals surface area contributed by atoms with E-state index in [9.17, 15) is 0 Å². The Bertz CT molecular complexity index is 573. The van der Waals surface area contributed by atoms with Gasteiger partial charge in [0.1, 0.15) is 23.9 Å². The third-order valence-electron chi connectivity index (χ3n) is 3.08. The molecule has 0 amide bonds. The summed E-state index contributed by atoms with van der Waals surface area (Å²) in [4.78, 5) is 0. The van der Waals surface area contributed by atoms with Gasteiger partial charge >= 0.3 is 0 Å². The van der Waals surface area contributed by atoms with E-state index in [-0.39, 0.29) is 0 Å². The highest BCUT2D eigenvalue weighted by Crippen LogP contribution is 2.25. The molecule has 0 spiro atoms. The van der Waals surface area contributed by atoms with Gasteiger partial charge in [0, 0.05) is 16.1 Å². The molecule has 1 saturated carbocycles. The lowest BCUT2D eigenvalue weighted by molar-refractivity contribution is 0.265. The van der Waals surface area contributed by atoms with Crippen LogP contribution in [0.2, 0.25) is 10.0 Å². The lowest BCUT2D eigenvalue weighted by atomic mass is 10.3. The van der Waals surface area contributed by atoms with Gasteiger partial charge in [-0.1, -0.05) is 23.2 Å². The molecular weight excluding hydrogens is 297 g/mol. The van der Waals surface area contributed by atoms with Crippen LogP contribution in [0.5, 0.6) is 5.75 Å². The van der Waals surface area contributed by atoms with Crippen LogP contribution in [0.15, 0.2) is 34.7 Å². The molecule has 1 aliphatic rings. The molecule has 5 heteroatoms. The first-order valence-electron chi connectivity index (χ1n) is 6.59. The summed E-state index contributed by atoms with van der Waals surface area (Å²) in [6.07, 6.45) is 2.54. The molecule has 0 unspecified atom stereocenters. The van der Waals surface area contributed by atoms with Crippen molar-refractivity contribution in [1.82, 2.24) is 5.32 Å². The van der Waals surface area contributed by atoms with E-state index in [0.717, 1.165) is 18.1 Å². The van der Waals surface area contributed by atoms with Crippen LogP contribution in [0.25, 0.3) is 0 Å². The van der Waals surface area contributed by atoms with Crippen molar-refractivity contribution in [3.8, 4) is 5.75 Å². The molecule has 106 valence electrons. The molecule has 1 aromatic heterocycles. The predicted molar refractivity (Wildman–Crippen MR) is 79.4 cm³/mol. The third-order valence-corrected chi connectivity index (χ3v) is 3.51. The van der Waals surface area contributed by atoms with Gasteiger partial charge in [0.05, 0.1) is 6.54 Å². The van der Waals surface area contributed by atoms with E-state index in [0.29, 0.717) is 28.4 Å². The number of ether oxygens (including phenoxy) is 1. The summed E-state index contributed by atoms with van der Waals surface area (Å²) in [6, 6.07) is 9.70. The number of hydrogen-bond donors (Lipinski definition) is 1. The van der Waals surface area contributed by atoms with Gasteiger partial charge in [-0.05, 0) is 43.2 Å². The number of halogens is 2. The van der Waals surface area contributed by atoms with E-state index in [1.165, 1.54) is 12.8 Å². The molecule has 3 nitrogen and oxygen atoms in total. The molecule has 1 fully saturated rings. The zero-order valence-corrected chi connectivity index (χ0v) is 12.4. The average Bonchev–Trinajstić information content (AvgIpc) is 3.12. The summed E-state index contributed by atoms with van der Waals surface area (Å²) < 4.78 is 11.3. The van der Waals surface area contributed by atoms with Crippen LogP contribution in [0.4, 0.5) is 0 Å². The Labute approximate surface area is 127 Å². The van der Waals surface area contributed by atoms with Gasteiger partial charge in [0.25, 0.3) is 0 Å². The molecule has 0 saturated heterocycles. The van der Waals surface area contributed by atoms with Crippen molar-refractivity contribution >= 4 is 23.2 Å². The molecule has 20 heavy (non-hydrogen) atoms. The van der Waals surface area contributed by atoms with Crippen molar-refractivity contribution in [3.05, 3.63) is 51.9 Å². The maximum Gasteiger partial charge on any atom is 0.146 e. The Balaban J connectivity index is 1.54. The van der Waals surface area contributed by atoms with Crippen LogP contribution in [-0.2, 0) is 13.2 Å². The van der Waals surface area contributed by atoms with Crippen molar-refractivity contribution < 1.29 is 9.15 Å². The molecule has 0 radical (unpaired) electrons. The van der Waals surface area contributed by atoms with E-state index in [1.54, 1.807) is 18.2 Å². The Hall–Kier alpha value is -1.16. The van der Waals surface area contributed by atoms with Crippen LogP contribution in [-0.4, -0.2) is 6.04 Å². The standard InChI is InChI=1S/C15H15Cl2NO2/c16-10-5-11(17)7-15(6-10)19-9-14-4-3-13(20-14)8-18-12-1-2-12/h3-7,12,18H,1-2,8-9H2. The Kier molecular flexibility index (Phi) is 4.20. The number of hydrogen-bond acceptors (Lipinski definition) is 3. The molecule has 0 bridgehead atoms. The fourth-order valence-corrected chi connectivity index (χ4v) is 2.40. The quantitative estimate of drug-likeness (QED) is 0.857. The third kappa shape index (κ3) is 3.92. The molecule has 1 N–H and O–H groups in total. The van der Waals surface area contributed by atoms with Crippen molar-refractivity contribution in [1.29, 1.82) is 0 Å². The van der Waals surface area contributed by atoms with Crippen LogP contribution >= 0.6 is 23.2 Å². The SMILES string of the molecule is Clc1cc(Cl)cc(OCc2ccc(CNC3CC3)o2)c1. The van der Waals surface area contributed by atoms with E-state index in [4.69, 9.17) is 32.4 Å². The molecule has 0 atom stereocenters. The highest BCUT2D eigenvalue weighted by molar-refractivity contribution is 6.34. The van der Waals surface area contributed by atoms with Gasteiger partial charge in [-0.2, -0.15) is 0 Å². The topological polar surface area (TPSA) is 34.4 Å². The number of nitrogens with one attached hydrogen (secondary N) is 1. The first-order chi connectivity index (χ1) is 9.69. The summed E-state index contributed by atoms with van der Waals surface area (Å²) in [5.41, 5.74) is 0. The van der Waals surface area contributed by atoms with Crippen molar-refractivity contribution in [2.24, 2.45) is 0 Å². The smallest absolute Gasteiger partial charge is 0.146 e. The number of benzene rings is 1. The normalized spacial score (nSPS) is 14.5. The van der Waals surface area contributed by atoms with Crippen LogP contribution in [0.1, 0.15) is 24.4 Å². The average molecular weight is 312 g/mol. The largest absolute Gasteiger partial charge is 0.486 e. The highest BCUT2D eigenvalue weighted by Gasteiger charge is 2.20. The van der Waals surface area contributed by atoms with Crippen LogP contribution in [0, 0.1) is 0 Å². The number of rotatable bonds is 6. The molecule has 1 heterocycles.